The Bertz CT molecular complexity index is 1030. The van der Waals surface area contributed by atoms with Crippen molar-refractivity contribution in [2.45, 2.75) is 6.17 Å². The molecule has 154 valence electrons. The third-order valence-electron chi connectivity index (χ3n) is 4.42. The van der Waals surface area contributed by atoms with Crippen LogP contribution in [0.5, 0.6) is 5.75 Å². The lowest BCUT2D eigenvalue weighted by Gasteiger charge is -2.32. The highest BCUT2D eigenvalue weighted by Gasteiger charge is 2.38. The van der Waals surface area contributed by atoms with E-state index in [-0.39, 0.29) is 17.6 Å². The van der Waals surface area contributed by atoms with Gasteiger partial charge in [0.15, 0.2) is 5.17 Å². The van der Waals surface area contributed by atoms with Crippen LogP contribution in [0, 0.1) is 0 Å². The molecule has 2 N–H and O–H groups in total. The zero-order valence-corrected chi connectivity index (χ0v) is 18.3. The van der Waals surface area contributed by atoms with Gasteiger partial charge in [0.2, 0.25) is 12.1 Å². The molecule has 2 amide bonds. The average molecular weight is 488 g/mol. The fourth-order valence-corrected chi connectivity index (χ4v) is 3.98. The number of rotatable bonds is 5. The van der Waals surface area contributed by atoms with Crippen LogP contribution >= 0.6 is 27.7 Å². The molecule has 30 heavy (non-hydrogen) atoms. The predicted octanol–water partition coefficient (Wildman–Crippen LogP) is 3.15. The van der Waals surface area contributed by atoms with Crippen LogP contribution in [0.2, 0.25) is 0 Å². The molecule has 0 spiro atoms. The minimum Gasteiger partial charge on any atom is -0.497 e. The van der Waals surface area contributed by atoms with Gasteiger partial charge in [-0.05, 0) is 36.4 Å². The minimum atomic E-state index is -0.654. The lowest BCUT2D eigenvalue weighted by molar-refractivity contribution is -0.122. The van der Waals surface area contributed by atoms with Crippen molar-refractivity contribution in [3.8, 4) is 5.75 Å². The number of anilines is 2. The Balaban J connectivity index is 1.38. The number of benzene rings is 2. The SMILES string of the molecule is COc1cccc(N2C=CN3C(SCC(=O)Nc4ccc(Br)cc4)=NNC3C2=O)c1. The number of amides is 2. The first kappa shape index (κ1) is 20.3. The molecule has 2 aromatic carbocycles. The molecule has 0 saturated carbocycles. The van der Waals surface area contributed by atoms with Crippen molar-refractivity contribution in [1.82, 2.24) is 10.3 Å². The fourth-order valence-electron chi connectivity index (χ4n) is 2.96. The number of ether oxygens (including phenoxy) is 1. The molecule has 1 unspecified atom stereocenters. The first-order chi connectivity index (χ1) is 14.5. The van der Waals surface area contributed by atoms with Crippen molar-refractivity contribution in [2.24, 2.45) is 5.10 Å². The minimum absolute atomic E-state index is 0.154. The topological polar surface area (TPSA) is 86.3 Å². The van der Waals surface area contributed by atoms with E-state index in [9.17, 15) is 9.59 Å². The summed E-state index contributed by atoms with van der Waals surface area (Å²) in [4.78, 5) is 28.4. The van der Waals surface area contributed by atoms with Gasteiger partial charge in [0.25, 0.3) is 5.91 Å². The standard InChI is InChI=1S/C20H18BrN5O3S/c1-29-16-4-2-3-15(11-16)25-9-10-26-18(19(25)28)23-24-20(26)30-12-17(27)22-14-7-5-13(21)6-8-14/h2-11,18,23H,12H2,1H3,(H,22,27). The van der Waals surface area contributed by atoms with Crippen LogP contribution < -0.4 is 20.4 Å². The van der Waals surface area contributed by atoms with Crippen LogP contribution in [0.3, 0.4) is 0 Å². The van der Waals surface area contributed by atoms with Crippen molar-refractivity contribution >= 4 is 56.0 Å². The number of hydrazone groups is 1. The Morgan fingerprint density at radius 1 is 1.27 bits per heavy atom. The second-order valence-electron chi connectivity index (χ2n) is 6.38. The second-order valence-corrected chi connectivity index (χ2v) is 8.24. The number of carbonyl (C=O) groups is 2. The Morgan fingerprint density at radius 2 is 2.07 bits per heavy atom. The molecule has 0 aliphatic carbocycles. The fraction of sp³-hybridized carbons (Fsp3) is 0.150. The van der Waals surface area contributed by atoms with Crippen molar-refractivity contribution in [2.75, 3.05) is 23.1 Å². The Hall–Kier alpha value is -2.98. The van der Waals surface area contributed by atoms with Crippen molar-refractivity contribution in [3.63, 3.8) is 0 Å². The smallest absolute Gasteiger partial charge is 0.276 e. The molecule has 4 rings (SSSR count). The number of hydrogen-bond acceptors (Lipinski definition) is 7. The van der Waals surface area contributed by atoms with Gasteiger partial charge in [-0.3, -0.25) is 24.8 Å². The molecule has 0 radical (unpaired) electrons. The molecule has 1 atom stereocenters. The lowest BCUT2D eigenvalue weighted by Crippen LogP contribution is -2.52. The summed E-state index contributed by atoms with van der Waals surface area (Å²) in [6.45, 7) is 0. The molecular formula is C20H18BrN5O3S. The van der Waals surface area contributed by atoms with Gasteiger partial charge in [0, 0.05) is 28.6 Å². The van der Waals surface area contributed by atoms with E-state index in [0.717, 1.165) is 10.2 Å². The summed E-state index contributed by atoms with van der Waals surface area (Å²) >= 11 is 4.62. The average Bonchev–Trinajstić information content (AvgIpc) is 3.18. The lowest BCUT2D eigenvalue weighted by atomic mass is 10.2. The third-order valence-corrected chi connectivity index (χ3v) is 5.92. The zero-order chi connectivity index (χ0) is 21.1. The number of carbonyl (C=O) groups excluding carboxylic acids is 2. The molecule has 10 heteroatoms. The van der Waals surface area contributed by atoms with Gasteiger partial charge in [-0.1, -0.05) is 33.8 Å². The highest BCUT2D eigenvalue weighted by atomic mass is 79.9. The highest BCUT2D eigenvalue weighted by molar-refractivity contribution is 9.10. The maximum atomic E-state index is 12.9. The predicted molar refractivity (Wildman–Crippen MR) is 121 cm³/mol. The van der Waals surface area contributed by atoms with Crippen LogP contribution in [-0.4, -0.2) is 40.9 Å². The summed E-state index contributed by atoms with van der Waals surface area (Å²) in [6, 6.07) is 14.6. The number of halogens is 1. The molecule has 2 aliphatic rings. The van der Waals surface area contributed by atoms with Gasteiger partial charge < -0.3 is 10.1 Å². The van der Waals surface area contributed by atoms with Gasteiger partial charge in [0.1, 0.15) is 5.75 Å². The number of thioether (sulfide) groups is 1. The van der Waals surface area contributed by atoms with E-state index in [1.807, 2.05) is 42.5 Å². The van der Waals surface area contributed by atoms with Gasteiger partial charge in [-0.25, -0.2) is 0 Å². The molecule has 2 heterocycles. The quantitative estimate of drug-likeness (QED) is 0.673. The first-order valence-corrected chi connectivity index (χ1v) is 10.8. The maximum absolute atomic E-state index is 12.9. The summed E-state index contributed by atoms with van der Waals surface area (Å²) in [5.41, 5.74) is 4.27. The normalized spacial score (nSPS) is 17.3. The number of methoxy groups -OCH3 is 1. The number of nitrogens with zero attached hydrogens (tertiary/aromatic N) is 3. The molecular weight excluding hydrogens is 470 g/mol. The van der Waals surface area contributed by atoms with Crippen LogP contribution in [-0.2, 0) is 9.59 Å². The van der Waals surface area contributed by atoms with Crippen molar-refractivity contribution < 1.29 is 14.3 Å². The summed E-state index contributed by atoms with van der Waals surface area (Å²) in [5, 5.41) is 7.62. The Morgan fingerprint density at radius 3 is 2.83 bits per heavy atom. The van der Waals surface area contributed by atoms with Gasteiger partial charge >= 0.3 is 0 Å². The molecule has 0 bridgehead atoms. The van der Waals surface area contributed by atoms with E-state index < -0.39 is 6.17 Å². The van der Waals surface area contributed by atoms with E-state index in [1.54, 1.807) is 35.4 Å². The molecule has 2 aromatic rings. The van der Waals surface area contributed by atoms with Gasteiger partial charge in [-0.2, -0.15) is 5.10 Å². The Kier molecular flexibility index (Phi) is 5.96. The van der Waals surface area contributed by atoms with Crippen LogP contribution in [0.1, 0.15) is 0 Å². The maximum Gasteiger partial charge on any atom is 0.276 e. The summed E-state index contributed by atoms with van der Waals surface area (Å²) in [6.07, 6.45) is 2.79. The summed E-state index contributed by atoms with van der Waals surface area (Å²) in [7, 11) is 1.58. The van der Waals surface area contributed by atoms with Gasteiger partial charge in [-0.15, -0.1) is 0 Å². The molecule has 0 saturated heterocycles. The summed E-state index contributed by atoms with van der Waals surface area (Å²) in [5.74, 6) is 0.504. The Labute approximate surface area is 186 Å². The summed E-state index contributed by atoms with van der Waals surface area (Å²) < 4.78 is 6.17. The zero-order valence-electron chi connectivity index (χ0n) is 15.9. The van der Waals surface area contributed by atoms with Crippen LogP contribution in [0.25, 0.3) is 0 Å². The first-order valence-electron chi connectivity index (χ1n) is 9.00. The number of fused-ring (bicyclic) bond motifs is 1. The van der Waals surface area contributed by atoms with Crippen molar-refractivity contribution in [3.05, 3.63) is 65.4 Å². The van der Waals surface area contributed by atoms with Crippen LogP contribution in [0.4, 0.5) is 11.4 Å². The third kappa shape index (κ3) is 4.29. The van der Waals surface area contributed by atoms with Gasteiger partial charge in [0.05, 0.1) is 18.6 Å². The highest BCUT2D eigenvalue weighted by Crippen LogP contribution is 2.28. The largest absolute Gasteiger partial charge is 0.497 e. The van der Waals surface area contributed by atoms with E-state index in [1.165, 1.54) is 11.8 Å². The number of hydrogen-bond donors (Lipinski definition) is 2. The number of amidine groups is 1. The molecule has 0 aromatic heterocycles. The van der Waals surface area contributed by atoms with Crippen LogP contribution in [0.15, 0.2) is 70.5 Å². The van der Waals surface area contributed by atoms with Crippen molar-refractivity contribution in [1.29, 1.82) is 0 Å². The second kappa shape index (κ2) is 8.80. The van der Waals surface area contributed by atoms with E-state index in [4.69, 9.17) is 4.74 Å². The molecule has 2 aliphatic heterocycles. The molecule has 0 fully saturated rings. The van der Waals surface area contributed by atoms with E-state index in [2.05, 4.69) is 31.8 Å². The molecule has 8 nitrogen and oxygen atoms in total. The van der Waals surface area contributed by atoms with E-state index >= 15 is 0 Å². The van der Waals surface area contributed by atoms with E-state index in [0.29, 0.717) is 16.6 Å². The monoisotopic (exact) mass is 487 g/mol. The number of nitrogens with one attached hydrogen (secondary N) is 2.